The lowest BCUT2D eigenvalue weighted by Gasteiger charge is -2.14. The molecule has 0 aliphatic carbocycles. The first kappa shape index (κ1) is 18.2. The van der Waals surface area contributed by atoms with E-state index in [0.717, 1.165) is 0 Å². The largest absolute Gasteiger partial charge is 0.481 e. The highest BCUT2D eigenvalue weighted by molar-refractivity contribution is 6.31. The van der Waals surface area contributed by atoms with Crippen LogP contribution in [-0.4, -0.2) is 40.8 Å². The standard InChI is InChI=1S/C18H15Cl2N3O3/c19-12-3-1-11(2-4-12)17-15(18(25)26)9-23(22-17)10-16(24)21-14-7-5-13(20)6-8-14/h1-8,15H,9-10H2,(H,21,24)(H,25,26). The lowest BCUT2D eigenvalue weighted by atomic mass is 9.98. The highest BCUT2D eigenvalue weighted by Crippen LogP contribution is 2.22. The van der Waals surface area contributed by atoms with Gasteiger partial charge >= 0.3 is 5.97 Å². The summed E-state index contributed by atoms with van der Waals surface area (Å²) in [4.78, 5) is 23.8. The Hall–Kier alpha value is -2.57. The molecule has 2 N–H and O–H groups in total. The predicted octanol–water partition coefficient (Wildman–Crippen LogP) is 3.35. The first-order chi connectivity index (χ1) is 12.4. The number of nitrogens with zero attached hydrogens (tertiary/aromatic N) is 2. The highest BCUT2D eigenvalue weighted by Gasteiger charge is 2.34. The third kappa shape index (κ3) is 4.33. The van der Waals surface area contributed by atoms with Crippen LogP contribution in [0.3, 0.4) is 0 Å². The van der Waals surface area contributed by atoms with Crippen molar-refractivity contribution in [2.75, 3.05) is 18.4 Å². The van der Waals surface area contributed by atoms with Crippen LogP contribution < -0.4 is 5.32 Å². The van der Waals surface area contributed by atoms with Crippen molar-refractivity contribution in [1.82, 2.24) is 5.01 Å². The van der Waals surface area contributed by atoms with E-state index in [9.17, 15) is 14.7 Å². The number of amides is 1. The van der Waals surface area contributed by atoms with Crippen molar-refractivity contribution in [1.29, 1.82) is 0 Å². The monoisotopic (exact) mass is 391 g/mol. The van der Waals surface area contributed by atoms with Gasteiger partial charge < -0.3 is 10.4 Å². The maximum Gasteiger partial charge on any atom is 0.314 e. The minimum absolute atomic E-state index is 0.0521. The Morgan fingerprint density at radius 3 is 2.23 bits per heavy atom. The second-order valence-electron chi connectivity index (χ2n) is 5.79. The molecule has 1 atom stereocenters. The molecule has 0 saturated heterocycles. The molecular formula is C18H15Cl2N3O3. The summed E-state index contributed by atoms with van der Waals surface area (Å²) in [6, 6.07) is 13.5. The minimum Gasteiger partial charge on any atom is -0.481 e. The molecule has 2 aromatic rings. The van der Waals surface area contributed by atoms with Crippen LogP contribution in [0.4, 0.5) is 5.69 Å². The molecule has 1 aliphatic rings. The highest BCUT2D eigenvalue weighted by atomic mass is 35.5. The third-order valence-electron chi connectivity index (χ3n) is 3.86. The number of carbonyl (C=O) groups excluding carboxylic acids is 1. The number of carboxylic acids is 1. The van der Waals surface area contributed by atoms with Crippen LogP contribution in [0.25, 0.3) is 0 Å². The summed E-state index contributed by atoms with van der Waals surface area (Å²) in [5.74, 6) is -2.09. The minimum atomic E-state index is -0.987. The van der Waals surface area contributed by atoms with Crippen LogP contribution in [-0.2, 0) is 9.59 Å². The average molecular weight is 392 g/mol. The van der Waals surface area contributed by atoms with E-state index in [1.165, 1.54) is 5.01 Å². The number of nitrogens with one attached hydrogen (secondary N) is 1. The van der Waals surface area contributed by atoms with E-state index in [-0.39, 0.29) is 19.0 Å². The lowest BCUT2D eigenvalue weighted by Crippen LogP contribution is -2.32. The smallest absolute Gasteiger partial charge is 0.314 e. The number of rotatable bonds is 5. The number of carboxylic acid groups (broad SMARTS) is 1. The van der Waals surface area contributed by atoms with Gasteiger partial charge in [-0.25, -0.2) is 0 Å². The van der Waals surface area contributed by atoms with Gasteiger partial charge in [-0.15, -0.1) is 0 Å². The number of hydrogen-bond donors (Lipinski definition) is 2. The van der Waals surface area contributed by atoms with Gasteiger partial charge in [0, 0.05) is 15.7 Å². The summed E-state index contributed by atoms with van der Waals surface area (Å²) in [5, 5.41) is 19.1. The second kappa shape index (κ2) is 7.76. The molecule has 0 bridgehead atoms. The molecule has 26 heavy (non-hydrogen) atoms. The SMILES string of the molecule is O=C(CN1CC(C(=O)O)C(c2ccc(Cl)cc2)=N1)Nc1ccc(Cl)cc1. The maximum absolute atomic E-state index is 12.2. The normalized spacial score (nSPS) is 16.3. The van der Waals surface area contributed by atoms with E-state index in [0.29, 0.717) is 27.0 Å². The first-order valence-electron chi connectivity index (χ1n) is 7.80. The van der Waals surface area contributed by atoms with E-state index in [4.69, 9.17) is 23.2 Å². The molecule has 1 heterocycles. The van der Waals surface area contributed by atoms with Gasteiger partial charge in [-0.2, -0.15) is 5.10 Å². The Morgan fingerprint density at radius 1 is 1.08 bits per heavy atom. The topological polar surface area (TPSA) is 82.0 Å². The summed E-state index contributed by atoms with van der Waals surface area (Å²) in [5.41, 5.74) is 1.69. The number of halogens is 2. The fourth-order valence-electron chi connectivity index (χ4n) is 2.63. The lowest BCUT2D eigenvalue weighted by molar-refractivity contribution is -0.139. The van der Waals surface area contributed by atoms with Crippen molar-refractivity contribution in [3.05, 3.63) is 64.1 Å². The fourth-order valence-corrected chi connectivity index (χ4v) is 2.89. The van der Waals surface area contributed by atoms with Crippen LogP contribution in [0.2, 0.25) is 10.0 Å². The summed E-state index contributed by atoms with van der Waals surface area (Å²) in [6.45, 7) is 0.0742. The summed E-state index contributed by atoms with van der Waals surface area (Å²) in [6.07, 6.45) is 0. The molecule has 0 aromatic heterocycles. The summed E-state index contributed by atoms with van der Waals surface area (Å²) < 4.78 is 0. The zero-order valence-corrected chi connectivity index (χ0v) is 15.0. The van der Waals surface area contributed by atoms with E-state index in [1.807, 2.05) is 0 Å². The van der Waals surface area contributed by atoms with E-state index < -0.39 is 11.9 Å². The zero-order valence-electron chi connectivity index (χ0n) is 13.5. The Labute approximate surface area is 160 Å². The predicted molar refractivity (Wildman–Crippen MR) is 101 cm³/mol. The molecule has 0 radical (unpaired) electrons. The maximum atomic E-state index is 12.2. The molecule has 2 aromatic carbocycles. The van der Waals surface area contributed by atoms with E-state index >= 15 is 0 Å². The molecule has 0 spiro atoms. The number of carbonyl (C=O) groups is 2. The molecule has 134 valence electrons. The van der Waals surface area contributed by atoms with Crippen LogP contribution in [0, 0.1) is 5.92 Å². The van der Waals surface area contributed by atoms with Gasteiger partial charge in [0.15, 0.2) is 0 Å². The second-order valence-corrected chi connectivity index (χ2v) is 6.66. The molecule has 1 amide bonds. The van der Waals surface area contributed by atoms with Crippen molar-refractivity contribution in [2.45, 2.75) is 0 Å². The molecule has 1 unspecified atom stereocenters. The van der Waals surface area contributed by atoms with Crippen molar-refractivity contribution in [2.24, 2.45) is 11.0 Å². The zero-order chi connectivity index (χ0) is 18.7. The average Bonchev–Trinajstić information content (AvgIpc) is 3.01. The van der Waals surface area contributed by atoms with Gasteiger partial charge in [-0.1, -0.05) is 35.3 Å². The Bertz CT molecular complexity index is 851. The molecule has 0 fully saturated rings. The van der Waals surface area contributed by atoms with Crippen molar-refractivity contribution < 1.29 is 14.7 Å². The third-order valence-corrected chi connectivity index (χ3v) is 4.37. The molecule has 3 rings (SSSR count). The van der Waals surface area contributed by atoms with Crippen molar-refractivity contribution in [3.8, 4) is 0 Å². The number of hydrogen-bond acceptors (Lipinski definition) is 4. The van der Waals surface area contributed by atoms with Gasteiger partial charge in [-0.05, 0) is 42.0 Å². The Morgan fingerprint density at radius 2 is 1.65 bits per heavy atom. The van der Waals surface area contributed by atoms with Gasteiger partial charge in [0.2, 0.25) is 5.91 Å². The van der Waals surface area contributed by atoms with Crippen LogP contribution in [0.1, 0.15) is 5.56 Å². The first-order valence-corrected chi connectivity index (χ1v) is 8.55. The molecule has 6 nitrogen and oxygen atoms in total. The van der Waals surface area contributed by atoms with Gasteiger partial charge in [0.1, 0.15) is 12.5 Å². The number of anilines is 1. The molecule has 8 heteroatoms. The van der Waals surface area contributed by atoms with Crippen molar-refractivity contribution in [3.63, 3.8) is 0 Å². The summed E-state index contributed by atoms with van der Waals surface area (Å²) in [7, 11) is 0. The van der Waals surface area contributed by atoms with E-state index in [2.05, 4.69) is 10.4 Å². The molecule has 0 saturated carbocycles. The van der Waals surface area contributed by atoms with Crippen LogP contribution in [0.5, 0.6) is 0 Å². The number of benzene rings is 2. The van der Waals surface area contributed by atoms with Gasteiger partial charge in [0.05, 0.1) is 12.3 Å². The number of aliphatic carboxylic acids is 1. The Balaban J connectivity index is 1.71. The Kier molecular flexibility index (Phi) is 5.44. The fraction of sp³-hybridized carbons (Fsp3) is 0.167. The molecule has 1 aliphatic heterocycles. The van der Waals surface area contributed by atoms with Crippen LogP contribution in [0.15, 0.2) is 53.6 Å². The molecular weight excluding hydrogens is 377 g/mol. The van der Waals surface area contributed by atoms with E-state index in [1.54, 1.807) is 48.5 Å². The number of hydrazone groups is 1. The van der Waals surface area contributed by atoms with Gasteiger partial charge in [0.25, 0.3) is 0 Å². The van der Waals surface area contributed by atoms with Crippen LogP contribution >= 0.6 is 23.2 Å². The van der Waals surface area contributed by atoms with Gasteiger partial charge in [-0.3, -0.25) is 14.6 Å². The van der Waals surface area contributed by atoms with Crippen molar-refractivity contribution >= 4 is 46.5 Å². The summed E-state index contributed by atoms with van der Waals surface area (Å²) >= 11 is 11.7. The quantitative estimate of drug-likeness (QED) is 0.818.